The van der Waals surface area contributed by atoms with E-state index < -0.39 is 0 Å². The number of aryl methyl sites for hydroxylation is 1. The summed E-state index contributed by atoms with van der Waals surface area (Å²) in [6.07, 6.45) is 5.60. The molecule has 34 heavy (non-hydrogen) atoms. The number of aromatic nitrogens is 1. The Morgan fingerprint density at radius 2 is 1.85 bits per heavy atom. The molecule has 1 aliphatic rings. The Balaban J connectivity index is 1.48. The number of benzene rings is 2. The van der Waals surface area contributed by atoms with Crippen LogP contribution in [0.4, 0.5) is 0 Å². The van der Waals surface area contributed by atoms with Crippen molar-refractivity contribution >= 4 is 38.9 Å². The minimum atomic E-state index is 0.00840. The number of carbonyl (C=O) groups excluding carboxylic acids is 1. The van der Waals surface area contributed by atoms with Crippen LogP contribution in [0, 0.1) is 6.92 Å². The third kappa shape index (κ3) is 4.74. The van der Waals surface area contributed by atoms with Gasteiger partial charge in [0.1, 0.15) is 4.88 Å². The molecule has 1 amide bonds. The van der Waals surface area contributed by atoms with Crippen LogP contribution in [0.3, 0.4) is 0 Å². The summed E-state index contributed by atoms with van der Waals surface area (Å²) in [6, 6.07) is 20.8. The summed E-state index contributed by atoms with van der Waals surface area (Å²) in [5.74, 6) is 0.00840. The number of hydrogen-bond acceptors (Lipinski definition) is 4. The Hall–Kier alpha value is -2.73. The second kappa shape index (κ2) is 9.87. The second-order valence-corrected chi connectivity index (χ2v) is 10.6. The molecule has 4 nitrogen and oxygen atoms in total. The first-order valence-corrected chi connectivity index (χ1v) is 12.9. The summed E-state index contributed by atoms with van der Waals surface area (Å²) >= 11 is 8.20. The molecule has 0 saturated heterocycles. The Morgan fingerprint density at radius 1 is 1.06 bits per heavy atom. The van der Waals surface area contributed by atoms with Gasteiger partial charge in [-0.15, -0.1) is 11.3 Å². The predicted molar refractivity (Wildman–Crippen MR) is 141 cm³/mol. The van der Waals surface area contributed by atoms with Crippen LogP contribution >= 0.6 is 22.9 Å². The molecule has 5 rings (SSSR count). The van der Waals surface area contributed by atoms with E-state index in [-0.39, 0.29) is 18.0 Å². The fraction of sp³-hybridized carbons (Fsp3) is 0.286. The molecule has 0 unspecified atom stereocenters. The van der Waals surface area contributed by atoms with E-state index in [1.165, 1.54) is 11.3 Å². The summed E-state index contributed by atoms with van der Waals surface area (Å²) in [6.45, 7) is 2.52. The van der Waals surface area contributed by atoms with Crippen molar-refractivity contribution in [1.82, 2.24) is 9.88 Å². The minimum Gasteiger partial charge on any atom is -0.331 e. The van der Waals surface area contributed by atoms with Crippen LogP contribution < -0.4 is 5.73 Å². The fourth-order valence-electron chi connectivity index (χ4n) is 4.75. The smallest absolute Gasteiger partial charge is 0.266 e. The van der Waals surface area contributed by atoms with E-state index in [0.717, 1.165) is 58.2 Å². The maximum atomic E-state index is 13.9. The molecule has 1 aliphatic carbocycles. The summed E-state index contributed by atoms with van der Waals surface area (Å²) in [5, 5.41) is 1.50. The van der Waals surface area contributed by atoms with Gasteiger partial charge in [0.15, 0.2) is 0 Å². The molecule has 0 atom stereocenters. The normalized spacial score (nSPS) is 18.2. The van der Waals surface area contributed by atoms with Crippen molar-refractivity contribution in [3.05, 3.63) is 88.0 Å². The van der Waals surface area contributed by atoms with E-state index in [2.05, 4.69) is 35.3 Å². The highest BCUT2D eigenvalue weighted by molar-refractivity contribution is 7.21. The standard InChI is InChI=1S/C28H28ClN3OS/c1-18-9-10-21(16-31-18)20-6-4-5-19(15-20)17-32(23-13-11-22(30)12-14-23)28(33)27-26(29)24-7-2-3-8-25(24)34-27/h2-10,15-16,22-23H,11-14,17,30H2,1H3. The van der Waals surface area contributed by atoms with Crippen LogP contribution in [-0.2, 0) is 6.54 Å². The van der Waals surface area contributed by atoms with Crippen LogP contribution in [0.2, 0.25) is 5.02 Å². The zero-order valence-electron chi connectivity index (χ0n) is 19.2. The van der Waals surface area contributed by atoms with Gasteiger partial charge >= 0.3 is 0 Å². The zero-order chi connectivity index (χ0) is 23.7. The molecule has 1 fully saturated rings. The molecule has 2 N–H and O–H groups in total. The highest BCUT2D eigenvalue weighted by atomic mass is 35.5. The van der Waals surface area contributed by atoms with Gasteiger partial charge in [-0.1, -0.05) is 54.1 Å². The Bertz CT molecular complexity index is 1310. The van der Waals surface area contributed by atoms with Gasteiger partial charge in [-0.25, -0.2) is 0 Å². The summed E-state index contributed by atoms with van der Waals surface area (Å²) in [4.78, 5) is 21.0. The van der Waals surface area contributed by atoms with Gasteiger partial charge in [0.05, 0.1) is 5.02 Å². The first-order chi connectivity index (χ1) is 16.5. The SMILES string of the molecule is Cc1ccc(-c2cccc(CN(C(=O)c3sc4ccccc4c3Cl)C3CCC(N)CC3)c2)cn1. The lowest BCUT2D eigenvalue weighted by molar-refractivity contribution is 0.0611. The molecule has 2 aromatic heterocycles. The van der Waals surface area contributed by atoms with Crippen molar-refractivity contribution in [2.24, 2.45) is 5.73 Å². The van der Waals surface area contributed by atoms with Crippen LogP contribution in [-0.4, -0.2) is 27.9 Å². The van der Waals surface area contributed by atoms with E-state index in [1.54, 1.807) is 0 Å². The predicted octanol–water partition coefficient (Wildman–Crippen LogP) is 6.84. The Labute approximate surface area is 209 Å². The molecular weight excluding hydrogens is 462 g/mol. The quantitative estimate of drug-likeness (QED) is 0.334. The number of amides is 1. The number of rotatable bonds is 5. The van der Waals surface area contributed by atoms with E-state index in [1.807, 2.05) is 48.4 Å². The molecule has 2 aromatic carbocycles. The van der Waals surface area contributed by atoms with Crippen LogP contribution in [0.15, 0.2) is 66.9 Å². The average molecular weight is 490 g/mol. The third-order valence-electron chi connectivity index (χ3n) is 6.70. The summed E-state index contributed by atoms with van der Waals surface area (Å²) in [7, 11) is 0. The monoisotopic (exact) mass is 489 g/mol. The number of halogens is 1. The van der Waals surface area contributed by atoms with Gasteiger partial charge in [-0.2, -0.15) is 0 Å². The van der Waals surface area contributed by atoms with Crippen LogP contribution in [0.1, 0.15) is 46.6 Å². The number of nitrogens with two attached hydrogens (primary N) is 1. The van der Waals surface area contributed by atoms with Crippen molar-refractivity contribution in [3.8, 4) is 11.1 Å². The lowest BCUT2D eigenvalue weighted by atomic mass is 9.90. The Kier molecular flexibility index (Phi) is 6.68. The van der Waals surface area contributed by atoms with Gasteiger partial charge in [0, 0.05) is 46.2 Å². The molecule has 0 radical (unpaired) electrons. The summed E-state index contributed by atoms with van der Waals surface area (Å²) < 4.78 is 1.04. The van der Waals surface area contributed by atoms with E-state index >= 15 is 0 Å². The highest BCUT2D eigenvalue weighted by Gasteiger charge is 2.31. The summed E-state index contributed by atoms with van der Waals surface area (Å²) in [5.41, 5.74) is 10.4. The topological polar surface area (TPSA) is 59.2 Å². The highest BCUT2D eigenvalue weighted by Crippen LogP contribution is 2.37. The second-order valence-electron chi connectivity index (χ2n) is 9.13. The maximum Gasteiger partial charge on any atom is 0.266 e. The first-order valence-electron chi connectivity index (χ1n) is 11.7. The average Bonchev–Trinajstić information content (AvgIpc) is 3.20. The number of thiophene rings is 1. The van der Waals surface area contributed by atoms with Crippen molar-refractivity contribution in [2.75, 3.05) is 0 Å². The number of nitrogens with zero attached hydrogens (tertiary/aromatic N) is 2. The van der Waals surface area contributed by atoms with Gasteiger partial charge in [0.25, 0.3) is 5.91 Å². The van der Waals surface area contributed by atoms with Gasteiger partial charge in [-0.3, -0.25) is 9.78 Å². The minimum absolute atomic E-state index is 0.00840. The molecule has 2 heterocycles. The molecule has 6 heteroatoms. The number of fused-ring (bicyclic) bond motifs is 1. The molecular formula is C28H28ClN3OS. The van der Waals surface area contributed by atoms with Crippen molar-refractivity contribution in [2.45, 2.75) is 51.2 Å². The fourth-order valence-corrected chi connectivity index (χ4v) is 6.21. The van der Waals surface area contributed by atoms with Crippen LogP contribution in [0.25, 0.3) is 21.2 Å². The van der Waals surface area contributed by atoms with Crippen molar-refractivity contribution in [3.63, 3.8) is 0 Å². The molecule has 0 spiro atoms. The Morgan fingerprint density at radius 3 is 2.59 bits per heavy atom. The molecule has 1 saturated carbocycles. The van der Waals surface area contributed by atoms with Gasteiger partial charge < -0.3 is 10.6 Å². The van der Waals surface area contributed by atoms with E-state index in [4.69, 9.17) is 17.3 Å². The lowest BCUT2D eigenvalue weighted by Gasteiger charge is -2.36. The number of pyridine rings is 1. The van der Waals surface area contributed by atoms with Crippen LogP contribution in [0.5, 0.6) is 0 Å². The maximum absolute atomic E-state index is 13.9. The van der Waals surface area contributed by atoms with Gasteiger partial charge in [-0.05, 0) is 61.9 Å². The van der Waals surface area contributed by atoms with Crippen molar-refractivity contribution < 1.29 is 4.79 Å². The third-order valence-corrected chi connectivity index (χ3v) is 8.36. The lowest BCUT2D eigenvalue weighted by Crippen LogP contribution is -2.43. The van der Waals surface area contributed by atoms with Gasteiger partial charge in [0.2, 0.25) is 0 Å². The van der Waals surface area contributed by atoms with Crippen molar-refractivity contribution in [1.29, 1.82) is 0 Å². The number of carbonyl (C=O) groups is 1. The molecule has 4 aromatic rings. The molecule has 174 valence electrons. The first kappa shape index (κ1) is 23.0. The zero-order valence-corrected chi connectivity index (χ0v) is 20.8. The number of hydrogen-bond donors (Lipinski definition) is 1. The van der Waals surface area contributed by atoms with E-state index in [0.29, 0.717) is 16.4 Å². The molecule has 0 bridgehead atoms. The van der Waals surface area contributed by atoms with E-state index in [9.17, 15) is 4.79 Å². The largest absolute Gasteiger partial charge is 0.331 e. The molecule has 0 aliphatic heterocycles.